The monoisotopic (exact) mass is 474 g/mol. The van der Waals surface area contributed by atoms with Crippen molar-refractivity contribution in [2.75, 3.05) is 6.61 Å². The lowest BCUT2D eigenvalue weighted by Gasteiger charge is -2.23. The normalized spacial score (nSPS) is 17.5. The van der Waals surface area contributed by atoms with Crippen LogP contribution in [0.25, 0.3) is 0 Å². The first-order chi connectivity index (χ1) is 8.33. The molecule has 3 N–H and O–H groups in total. The summed E-state index contributed by atoms with van der Waals surface area (Å²) in [6, 6.07) is 0. The summed E-state index contributed by atoms with van der Waals surface area (Å²) in [4.78, 5) is 18.7. The first-order valence-corrected chi connectivity index (χ1v) is 7.04. The Morgan fingerprint density at radius 2 is 1.37 bits per heavy atom. The van der Waals surface area contributed by atoms with Gasteiger partial charge in [-0.3, -0.25) is 20.2 Å². The van der Waals surface area contributed by atoms with Gasteiger partial charge in [0.25, 0.3) is 0 Å². The molecular formula is C7H13Br3N2O7. The topological polar surface area (TPSA) is 147 Å². The Labute approximate surface area is 133 Å². The van der Waals surface area contributed by atoms with Crippen molar-refractivity contribution in [3.63, 3.8) is 0 Å². The van der Waals surface area contributed by atoms with Crippen LogP contribution in [-0.4, -0.2) is 51.8 Å². The molecule has 0 amide bonds. The van der Waals surface area contributed by atoms with Crippen LogP contribution in [0.1, 0.15) is 13.8 Å². The predicted molar refractivity (Wildman–Crippen MR) is 76.7 cm³/mol. The van der Waals surface area contributed by atoms with Gasteiger partial charge in [-0.05, 0) is 13.8 Å². The van der Waals surface area contributed by atoms with E-state index in [1.54, 1.807) is 0 Å². The van der Waals surface area contributed by atoms with Gasteiger partial charge < -0.3 is 15.3 Å². The molecule has 9 nitrogen and oxygen atoms in total. The maximum atomic E-state index is 10.3. The number of hydrogen-bond donors (Lipinski definition) is 3. The van der Waals surface area contributed by atoms with Crippen LogP contribution in [0.4, 0.5) is 0 Å². The van der Waals surface area contributed by atoms with Crippen LogP contribution in [-0.2, 0) is 0 Å². The van der Waals surface area contributed by atoms with Crippen molar-refractivity contribution in [2.24, 2.45) is 0 Å². The lowest BCUT2D eigenvalue weighted by molar-refractivity contribution is -0.558. The lowest BCUT2D eigenvalue weighted by Crippen LogP contribution is -2.50. The van der Waals surface area contributed by atoms with Crippen LogP contribution in [0.2, 0.25) is 0 Å². The van der Waals surface area contributed by atoms with E-state index in [4.69, 9.17) is 15.3 Å². The average Bonchev–Trinajstić information content (AvgIpc) is 2.27. The summed E-state index contributed by atoms with van der Waals surface area (Å²) in [5.74, 6) is 0. The summed E-state index contributed by atoms with van der Waals surface area (Å²) in [5, 5.41) is 46.3. The van der Waals surface area contributed by atoms with Crippen molar-refractivity contribution >= 4 is 47.8 Å². The number of aliphatic hydroxyl groups excluding tert-OH is 3. The number of nitro groups is 2. The minimum Gasteiger partial charge on any atom is -0.387 e. The van der Waals surface area contributed by atoms with Gasteiger partial charge in [0.15, 0.2) is 0 Å². The van der Waals surface area contributed by atoms with Crippen LogP contribution < -0.4 is 0 Å². The van der Waals surface area contributed by atoms with Gasteiger partial charge >= 0.3 is 7.81 Å². The van der Waals surface area contributed by atoms with Gasteiger partial charge in [-0.25, -0.2) is 0 Å². The van der Waals surface area contributed by atoms with Crippen molar-refractivity contribution in [1.82, 2.24) is 0 Å². The molecule has 0 bridgehead atoms. The molecule has 19 heavy (non-hydrogen) atoms. The van der Waals surface area contributed by atoms with E-state index in [9.17, 15) is 20.2 Å². The van der Waals surface area contributed by atoms with Gasteiger partial charge in [-0.15, -0.1) is 0 Å². The van der Waals surface area contributed by atoms with E-state index in [1.165, 1.54) is 13.8 Å². The largest absolute Gasteiger partial charge is 0.387 e. The van der Waals surface area contributed by atoms with Gasteiger partial charge in [-0.2, -0.15) is 0 Å². The van der Waals surface area contributed by atoms with Crippen molar-refractivity contribution in [3.8, 4) is 0 Å². The quantitative estimate of drug-likeness (QED) is 0.230. The maximum Gasteiger partial charge on any atom is 0.349 e. The Bertz CT molecular complexity index is 316. The Morgan fingerprint density at radius 1 is 1.05 bits per heavy atom. The number of aliphatic hydroxyl groups is 3. The SMILES string of the molecule is CC(O)C(Br)(C(C)O)[N+](=O)[O-].O=[N+]([O-])C(Br)(Br)CO. The average molecular weight is 477 g/mol. The Balaban J connectivity index is 0. The van der Waals surface area contributed by atoms with Crippen molar-refractivity contribution < 1.29 is 25.2 Å². The summed E-state index contributed by atoms with van der Waals surface area (Å²) >= 11 is 7.91. The third kappa shape index (κ3) is 6.40. The molecular weight excluding hydrogens is 464 g/mol. The van der Waals surface area contributed by atoms with E-state index in [-0.39, 0.29) is 0 Å². The van der Waals surface area contributed by atoms with E-state index in [1.807, 2.05) is 0 Å². The standard InChI is InChI=1S/C5H10BrNO4.C2H3Br2NO3/c1-3(8)5(6,4(2)9)7(10)11;3-2(4,1-6)5(7)8/h3-4,8-9H,1-2H3;6H,1H2. The van der Waals surface area contributed by atoms with Crippen LogP contribution in [0.5, 0.6) is 0 Å². The molecule has 0 aromatic carbocycles. The zero-order valence-electron chi connectivity index (χ0n) is 9.86. The summed E-state index contributed by atoms with van der Waals surface area (Å²) < 4.78 is -3.41. The second kappa shape index (κ2) is 8.42. The highest BCUT2D eigenvalue weighted by Crippen LogP contribution is 2.27. The smallest absolute Gasteiger partial charge is 0.349 e. The highest BCUT2D eigenvalue weighted by Gasteiger charge is 2.50. The molecule has 0 spiro atoms. The molecule has 2 atom stereocenters. The fraction of sp³-hybridized carbons (Fsp3) is 1.00. The molecule has 0 radical (unpaired) electrons. The first kappa shape index (κ1) is 21.4. The van der Waals surface area contributed by atoms with Crippen molar-refractivity contribution in [2.45, 2.75) is 33.9 Å². The number of rotatable bonds is 5. The lowest BCUT2D eigenvalue weighted by atomic mass is 10.1. The highest BCUT2D eigenvalue weighted by atomic mass is 79.9. The second-order valence-corrected chi connectivity index (χ2v) is 8.38. The van der Waals surface area contributed by atoms with Crippen molar-refractivity contribution in [3.05, 3.63) is 20.2 Å². The molecule has 2 unspecified atom stereocenters. The molecule has 0 rings (SSSR count). The Kier molecular flexibility index (Phi) is 9.49. The van der Waals surface area contributed by atoms with E-state index < -0.39 is 36.5 Å². The molecule has 0 aliphatic rings. The zero-order chi connectivity index (χ0) is 16.0. The summed E-state index contributed by atoms with van der Waals surface area (Å²) in [6.45, 7) is 1.90. The molecule has 0 aromatic rings. The van der Waals surface area contributed by atoms with E-state index >= 15 is 0 Å². The van der Waals surface area contributed by atoms with Crippen molar-refractivity contribution in [1.29, 1.82) is 0 Å². The van der Waals surface area contributed by atoms with Crippen LogP contribution >= 0.6 is 47.8 Å². The molecule has 0 fully saturated rings. The number of halogens is 3. The number of nitrogens with zero attached hydrogens (tertiary/aromatic N) is 2. The van der Waals surface area contributed by atoms with Gasteiger partial charge in [0.05, 0.1) is 4.92 Å². The minimum atomic E-state index is -1.85. The molecule has 114 valence electrons. The van der Waals surface area contributed by atoms with Gasteiger partial charge in [0.2, 0.25) is 0 Å². The fourth-order valence-corrected chi connectivity index (χ4v) is 0.712. The minimum absolute atomic E-state index is 0.583. The molecule has 12 heteroatoms. The Morgan fingerprint density at radius 3 is 1.37 bits per heavy atom. The highest BCUT2D eigenvalue weighted by molar-refractivity contribution is 9.25. The van der Waals surface area contributed by atoms with E-state index in [0.717, 1.165) is 0 Å². The van der Waals surface area contributed by atoms with Crippen LogP contribution in [0.3, 0.4) is 0 Å². The van der Waals surface area contributed by atoms with E-state index in [0.29, 0.717) is 0 Å². The summed E-state index contributed by atoms with van der Waals surface area (Å²) in [5.41, 5.74) is 0. The van der Waals surface area contributed by atoms with Crippen LogP contribution in [0, 0.1) is 20.2 Å². The fourth-order valence-electron chi connectivity index (χ4n) is 0.712. The maximum absolute atomic E-state index is 10.3. The molecule has 0 saturated heterocycles. The third-order valence-electron chi connectivity index (χ3n) is 1.91. The summed E-state index contributed by atoms with van der Waals surface area (Å²) in [6.07, 6.45) is -2.50. The third-order valence-corrected chi connectivity index (χ3v) is 4.60. The van der Waals surface area contributed by atoms with Crippen LogP contribution in [0.15, 0.2) is 0 Å². The number of alkyl halides is 3. The van der Waals surface area contributed by atoms with Gasteiger partial charge in [0.1, 0.15) is 18.8 Å². The molecule has 0 aliphatic heterocycles. The zero-order valence-corrected chi connectivity index (χ0v) is 14.6. The van der Waals surface area contributed by atoms with Gasteiger partial charge in [0, 0.05) is 52.7 Å². The Hall–Kier alpha value is 0.120. The molecule has 0 heterocycles. The molecule has 0 saturated carbocycles. The number of hydrogen-bond acceptors (Lipinski definition) is 7. The summed E-state index contributed by atoms with van der Waals surface area (Å²) in [7, 11) is 0. The first-order valence-electron chi connectivity index (χ1n) is 4.66. The van der Waals surface area contributed by atoms with E-state index in [2.05, 4.69) is 47.8 Å². The molecule has 0 aromatic heterocycles. The van der Waals surface area contributed by atoms with Gasteiger partial charge in [-0.1, -0.05) is 0 Å². The predicted octanol–water partition coefficient (Wildman–Crippen LogP) is 0.815. The second-order valence-electron chi connectivity index (χ2n) is 3.42. The molecule has 0 aliphatic carbocycles.